The van der Waals surface area contributed by atoms with Crippen LogP contribution in [-0.4, -0.2) is 32.3 Å². The highest BCUT2D eigenvalue weighted by molar-refractivity contribution is 7.22. The number of aromatic nitrogens is 4. The van der Waals surface area contributed by atoms with Gasteiger partial charge in [0.05, 0.1) is 17.9 Å². The third kappa shape index (κ3) is 3.86. The van der Waals surface area contributed by atoms with Crippen molar-refractivity contribution in [3.63, 3.8) is 0 Å². The monoisotopic (exact) mass is 393 g/mol. The van der Waals surface area contributed by atoms with Crippen LogP contribution in [0.2, 0.25) is 0 Å². The third-order valence-corrected chi connectivity index (χ3v) is 5.19. The van der Waals surface area contributed by atoms with Crippen molar-refractivity contribution in [1.29, 1.82) is 0 Å². The molecule has 2 aromatic heterocycles. The van der Waals surface area contributed by atoms with Crippen LogP contribution < -0.4 is 9.64 Å². The Labute approximate surface area is 166 Å². The van der Waals surface area contributed by atoms with E-state index in [4.69, 9.17) is 9.72 Å². The van der Waals surface area contributed by atoms with E-state index < -0.39 is 0 Å². The number of thiazole rings is 1. The van der Waals surface area contributed by atoms with Crippen LogP contribution in [-0.2, 0) is 17.9 Å². The molecule has 0 aliphatic carbocycles. The van der Waals surface area contributed by atoms with E-state index in [1.165, 1.54) is 28.7 Å². The van der Waals surface area contributed by atoms with Gasteiger partial charge in [-0.05, 0) is 24.6 Å². The summed E-state index contributed by atoms with van der Waals surface area (Å²) in [4.78, 5) is 23.4. The Bertz CT molecular complexity index is 1060. The van der Waals surface area contributed by atoms with E-state index in [1.807, 2.05) is 55.5 Å². The van der Waals surface area contributed by atoms with Gasteiger partial charge in [-0.25, -0.2) is 14.6 Å². The molecule has 2 aromatic carbocycles. The molecule has 7 nitrogen and oxygen atoms in total. The van der Waals surface area contributed by atoms with Gasteiger partial charge in [-0.15, -0.1) is 0 Å². The van der Waals surface area contributed by atoms with Gasteiger partial charge in [0.2, 0.25) is 0 Å². The average Bonchev–Trinajstić information content (AvgIpc) is 3.37. The highest BCUT2D eigenvalue weighted by atomic mass is 32.1. The summed E-state index contributed by atoms with van der Waals surface area (Å²) in [7, 11) is 0. The lowest BCUT2D eigenvalue weighted by Crippen LogP contribution is -2.33. The Morgan fingerprint density at radius 3 is 2.79 bits per heavy atom. The Morgan fingerprint density at radius 1 is 1.18 bits per heavy atom. The molecule has 1 amide bonds. The summed E-state index contributed by atoms with van der Waals surface area (Å²) in [5.74, 6) is 0.622. The van der Waals surface area contributed by atoms with Crippen molar-refractivity contribution in [2.75, 3.05) is 11.5 Å². The quantitative estimate of drug-likeness (QED) is 0.480. The minimum absolute atomic E-state index is 0.0983. The molecule has 0 aliphatic rings. The van der Waals surface area contributed by atoms with Crippen LogP contribution in [0.1, 0.15) is 12.5 Å². The first-order chi connectivity index (χ1) is 13.7. The van der Waals surface area contributed by atoms with Gasteiger partial charge in [-0.1, -0.05) is 47.7 Å². The zero-order valence-corrected chi connectivity index (χ0v) is 16.2. The van der Waals surface area contributed by atoms with Crippen LogP contribution in [0.5, 0.6) is 5.75 Å². The van der Waals surface area contributed by atoms with E-state index >= 15 is 0 Å². The molecule has 0 N–H and O–H groups in total. The molecule has 0 atom stereocenters. The molecule has 0 saturated carbocycles. The topological polar surface area (TPSA) is 73.1 Å². The summed E-state index contributed by atoms with van der Waals surface area (Å²) in [6, 6.07) is 15.7. The van der Waals surface area contributed by atoms with Gasteiger partial charge in [0.1, 0.15) is 30.5 Å². The maximum Gasteiger partial charge on any atom is 0.250 e. The van der Waals surface area contributed by atoms with Crippen LogP contribution in [0.25, 0.3) is 10.2 Å². The molecule has 4 rings (SSSR count). The number of para-hydroxylation sites is 1. The van der Waals surface area contributed by atoms with Gasteiger partial charge in [0.15, 0.2) is 5.13 Å². The molecule has 28 heavy (non-hydrogen) atoms. The minimum Gasteiger partial charge on any atom is -0.492 e. The van der Waals surface area contributed by atoms with Crippen molar-refractivity contribution >= 4 is 32.6 Å². The van der Waals surface area contributed by atoms with E-state index in [0.717, 1.165) is 21.5 Å². The number of rotatable bonds is 7. The van der Waals surface area contributed by atoms with Crippen molar-refractivity contribution in [1.82, 2.24) is 19.7 Å². The van der Waals surface area contributed by atoms with Crippen LogP contribution in [0.15, 0.2) is 61.2 Å². The van der Waals surface area contributed by atoms with Crippen molar-refractivity contribution < 1.29 is 9.53 Å². The van der Waals surface area contributed by atoms with Gasteiger partial charge in [0.25, 0.3) is 5.91 Å². The van der Waals surface area contributed by atoms with Crippen LogP contribution in [0.4, 0.5) is 5.13 Å². The summed E-state index contributed by atoms with van der Waals surface area (Å²) in [6.45, 7) is 3.03. The lowest BCUT2D eigenvalue weighted by molar-refractivity contribution is -0.119. The van der Waals surface area contributed by atoms with E-state index in [2.05, 4.69) is 10.1 Å². The second kappa shape index (κ2) is 8.18. The summed E-state index contributed by atoms with van der Waals surface area (Å²) in [5, 5.41) is 4.68. The van der Waals surface area contributed by atoms with Gasteiger partial charge < -0.3 is 4.74 Å². The number of amides is 1. The maximum absolute atomic E-state index is 13.1. The maximum atomic E-state index is 13.1. The van der Waals surface area contributed by atoms with Gasteiger partial charge in [0, 0.05) is 0 Å². The number of fused-ring (bicyclic) bond motifs is 1. The fraction of sp³-hybridized carbons (Fsp3) is 0.200. The van der Waals surface area contributed by atoms with Crippen molar-refractivity contribution in [3.8, 4) is 5.75 Å². The van der Waals surface area contributed by atoms with Gasteiger partial charge in [-0.2, -0.15) is 5.10 Å². The predicted octanol–water partition coefficient (Wildman–Crippen LogP) is 3.52. The van der Waals surface area contributed by atoms with Crippen molar-refractivity contribution in [2.45, 2.75) is 20.0 Å². The van der Waals surface area contributed by atoms with Crippen molar-refractivity contribution in [3.05, 3.63) is 66.7 Å². The summed E-state index contributed by atoms with van der Waals surface area (Å²) in [5.41, 5.74) is 1.80. The van der Waals surface area contributed by atoms with Gasteiger partial charge >= 0.3 is 0 Å². The van der Waals surface area contributed by atoms with Crippen LogP contribution in [0.3, 0.4) is 0 Å². The minimum atomic E-state index is -0.105. The molecule has 0 spiro atoms. The van der Waals surface area contributed by atoms with Crippen LogP contribution in [0, 0.1) is 0 Å². The Morgan fingerprint density at radius 2 is 2.04 bits per heavy atom. The largest absolute Gasteiger partial charge is 0.492 e. The molecule has 0 saturated heterocycles. The smallest absolute Gasteiger partial charge is 0.250 e. The first-order valence-electron chi connectivity index (χ1n) is 8.93. The Balaban J connectivity index is 1.70. The molecular weight excluding hydrogens is 374 g/mol. The van der Waals surface area contributed by atoms with Crippen molar-refractivity contribution in [2.24, 2.45) is 0 Å². The number of hydrogen-bond donors (Lipinski definition) is 0. The fourth-order valence-corrected chi connectivity index (χ4v) is 3.87. The summed E-state index contributed by atoms with van der Waals surface area (Å²) in [6.07, 6.45) is 2.95. The molecule has 0 bridgehead atoms. The summed E-state index contributed by atoms with van der Waals surface area (Å²) >= 11 is 1.47. The van der Waals surface area contributed by atoms with Crippen LogP contribution >= 0.6 is 11.3 Å². The predicted molar refractivity (Wildman–Crippen MR) is 108 cm³/mol. The SMILES string of the molecule is CCOc1cccc2sc(N(Cc3ccccc3)C(=O)Cn3cncn3)nc12. The number of hydrogen-bond acceptors (Lipinski definition) is 6. The molecule has 0 fully saturated rings. The Kier molecular flexibility index (Phi) is 5.29. The number of nitrogens with zero attached hydrogens (tertiary/aromatic N) is 5. The zero-order chi connectivity index (χ0) is 19.3. The second-order valence-corrected chi connectivity index (χ2v) is 7.10. The van der Waals surface area contributed by atoms with E-state index in [9.17, 15) is 4.79 Å². The van der Waals surface area contributed by atoms with E-state index in [0.29, 0.717) is 18.3 Å². The number of anilines is 1. The van der Waals surface area contributed by atoms with E-state index in [1.54, 1.807) is 4.90 Å². The molecule has 4 aromatic rings. The molecule has 2 heterocycles. The number of carbonyl (C=O) groups excluding carboxylic acids is 1. The first-order valence-corrected chi connectivity index (χ1v) is 9.75. The molecule has 0 radical (unpaired) electrons. The fourth-order valence-electron chi connectivity index (χ4n) is 2.87. The molecule has 8 heteroatoms. The third-order valence-electron chi connectivity index (χ3n) is 4.15. The molecular formula is C20H19N5O2S. The molecule has 0 unspecified atom stereocenters. The highest BCUT2D eigenvalue weighted by Crippen LogP contribution is 2.35. The first kappa shape index (κ1) is 18.1. The normalized spacial score (nSPS) is 10.9. The second-order valence-electron chi connectivity index (χ2n) is 6.09. The van der Waals surface area contributed by atoms with E-state index in [-0.39, 0.29) is 12.5 Å². The lowest BCUT2D eigenvalue weighted by Gasteiger charge is -2.20. The summed E-state index contributed by atoms with van der Waals surface area (Å²) < 4.78 is 8.19. The highest BCUT2D eigenvalue weighted by Gasteiger charge is 2.22. The molecule has 142 valence electrons. The Hall–Kier alpha value is -3.26. The average molecular weight is 393 g/mol. The number of benzene rings is 2. The van der Waals surface area contributed by atoms with Gasteiger partial charge in [-0.3, -0.25) is 9.69 Å². The zero-order valence-electron chi connectivity index (χ0n) is 15.4. The standard InChI is InChI=1S/C20H19N5O2S/c1-2-27-16-9-6-10-17-19(16)23-20(28-17)25(11-15-7-4-3-5-8-15)18(26)12-24-14-21-13-22-24/h3-10,13-14H,2,11-12H2,1H3. The molecule has 0 aliphatic heterocycles. The number of ether oxygens (including phenoxy) is 1. The number of carbonyl (C=O) groups is 1. The lowest BCUT2D eigenvalue weighted by atomic mass is 10.2.